The van der Waals surface area contributed by atoms with E-state index in [1.54, 1.807) is 0 Å². The van der Waals surface area contributed by atoms with Crippen LogP contribution in [0.1, 0.15) is 37.9 Å². The number of anilines is 1. The molecule has 0 amide bonds. The van der Waals surface area contributed by atoms with E-state index in [2.05, 4.69) is 49.4 Å². The van der Waals surface area contributed by atoms with Gasteiger partial charge in [-0.2, -0.15) is 16.9 Å². The van der Waals surface area contributed by atoms with Crippen LogP contribution in [0, 0.1) is 6.92 Å². The molecule has 1 rings (SSSR count). The molecular formula is C15H30N4S. The molecule has 0 saturated heterocycles. The largest absolute Gasteiger partial charge is 0.357 e. The maximum Gasteiger partial charge on any atom is 0.131 e. The third-order valence-corrected chi connectivity index (χ3v) is 4.42. The van der Waals surface area contributed by atoms with Crippen LogP contribution in [0.25, 0.3) is 0 Å². The molecule has 4 nitrogen and oxygen atoms in total. The van der Waals surface area contributed by atoms with Crippen LogP contribution in [-0.4, -0.2) is 41.4 Å². The molecule has 0 fully saturated rings. The molecule has 0 aliphatic carbocycles. The standard InChI is InChI=1S/C15H30N4S/c1-7-9-16-11-14-13(3)17-19(5)15(14)18(4)12(2)8-10-20-6/h12,16H,7-11H2,1-6H3. The Labute approximate surface area is 128 Å². The molecule has 0 radical (unpaired) electrons. The minimum atomic E-state index is 0.530. The Morgan fingerprint density at radius 2 is 2.15 bits per heavy atom. The Morgan fingerprint density at radius 1 is 1.45 bits per heavy atom. The summed E-state index contributed by atoms with van der Waals surface area (Å²) in [6.45, 7) is 8.55. The summed E-state index contributed by atoms with van der Waals surface area (Å²) in [6, 6.07) is 0.530. The number of aryl methyl sites for hydroxylation is 2. The highest BCUT2D eigenvalue weighted by atomic mass is 32.2. The maximum atomic E-state index is 4.60. The van der Waals surface area contributed by atoms with E-state index in [1.807, 2.05) is 23.5 Å². The molecule has 1 aromatic heterocycles. The highest BCUT2D eigenvalue weighted by molar-refractivity contribution is 7.98. The molecule has 0 saturated carbocycles. The molecule has 116 valence electrons. The molecule has 0 spiro atoms. The van der Waals surface area contributed by atoms with Crippen molar-refractivity contribution >= 4 is 17.6 Å². The zero-order chi connectivity index (χ0) is 15.1. The fourth-order valence-corrected chi connectivity index (χ4v) is 3.00. The fourth-order valence-electron chi connectivity index (χ4n) is 2.42. The van der Waals surface area contributed by atoms with E-state index in [0.29, 0.717) is 6.04 Å². The van der Waals surface area contributed by atoms with Gasteiger partial charge in [-0.3, -0.25) is 4.68 Å². The van der Waals surface area contributed by atoms with E-state index in [-0.39, 0.29) is 0 Å². The van der Waals surface area contributed by atoms with Crippen LogP contribution < -0.4 is 10.2 Å². The van der Waals surface area contributed by atoms with Crippen molar-refractivity contribution in [3.8, 4) is 0 Å². The second-order valence-corrected chi connectivity index (χ2v) is 6.41. The average molecular weight is 298 g/mol. The third-order valence-electron chi connectivity index (χ3n) is 3.78. The lowest BCUT2D eigenvalue weighted by atomic mass is 10.2. The molecule has 0 aliphatic heterocycles. The minimum Gasteiger partial charge on any atom is -0.357 e. The number of aromatic nitrogens is 2. The summed E-state index contributed by atoms with van der Waals surface area (Å²) >= 11 is 1.91. The van der Waals surface area contributed by atoms with Gasteiger partial charge < -0.3 is 10.2 Å². The van der Waals surface area contributed by atoms with E-state index >= 15 is 0 Å². The topological polar surface area (TPSA) is 33.1 Å². The predicted octanol–water partition coefficient (Wildman–Crippen LogP) is 2.81. The van der Waals surface area contributed by atoms with Gasteiger partial charge in [0.2, 0.25) is 0 Å². The van der Waals surface area contributed by atoms with E-state index in [0.717, 1.165) is 25.2 Å². The Hall–Kier alpha value is -0.680. The Kier molecular flexibility index (Phi) is 7.45. The summed E-state index contributed by atoms with van der Waals surface area (Å²) < 4.78 is 2.02. The molecule has 0 aromatic carbocycles. The van der Waals surface area contributed by atoms with Crippen molar-refractivity contribution in [2.75, 3.05) is 30.5 Å². The van der Waals surface area contributed by atoms with Crippen molar-refractivity contribution in [2.45, 2.75) is 46.2 Å². The Bertz CT molecular complexity index is 403. The van der Waals surface area contributed by atoms with E-state index in [1.165, 1.54) is 23.6 Å². The van der Waals surface area contributed by atoms with Crippen LogP contribution in [0.15, 0.2) is 0 Å². The lowest BCUT2D eigenvalue weighted by Crippen LogP contribution is -2.32. The van der Waals surface area contributed by atoms with Crippen molar-refractivity contribution in [1.82, 2.24) is 15.1 Å². The summed E-state index contributed by atoms with van der Waals surface area (Å²) in [7, 11) is 4.23. The summed E-state index contributed by atoms with van der Waals surface area (Å²) in [4.78, 5) is 2.37. The number of hydrogen-bond acceptors (Lipinski definition) is 4. The summed E-state index contributed by atoms with van der Waals surface area (Å²) in [6.07, 6.45) is 4.53. The molecule has 20 heavy (non-hydrogen) atoms. The number of nitrogens with one attached hydrogen (secondary N) is 1. The lowest BCUT2D eigenvalue weighted by Gasteiger charge is -2.28. The normalized spacial score (nSPS) is 12.7. The van der Waals surface area contributed by atoms with Gasteiger partial charge in [-0.05, 0) is 45.2 Å². The highest BCUT2D eigenvalue weighted by Gasteiger charge is 2.19. The first-order chi connectivity index (χ1) is 9.52. The number of rotatable bonds is 9. The molecule has 1 heterocycles. The van der Waals surface area contributed by atoms with E-state index in [9.17, 15) is 0 Å². The second-order valence-electron chi connectivity index (χ2n) is 5.43. The minimum absolute atomic E-state index is 0.530. The van der Waals surface area contributed by atoms with Crippen LogP contribution in [-0.2, 0) is 13.6 Å². The van der Waals surface area contributed by atoms with Gasteiger partial charge in [0.05, 0.1) is 5.69 Å². The molecular weight excluding hydrogens is 268 g/mol. The summed E-state index contributed by atoms with van der Waals surface area (Å²) in [5.41, 5.74) is 2.47. The van der Waals surface area contributed by atoms with Crippen molar-refractivity contribution in [1.29, 1.82) is 0 Å². The lowest BCUT2D eigenvalue weighted by molar-refractivity contribution is 0.625. The molecule has 1 unspecified atom stereocenters. The first-order valence-electron chi connectivity index (χ1n) is 7.47. The molecule has 1 atom stereocenters. The van der Waals surface area contributed by atoms with Crippen LogP contribution >= 0.6 is 11.8 Å². The van der Waals surface area contributed by atoms with Gasteiger partial charge in [-0.1, -0.05) is 6.92 Å². The number of hydrogen-bond donors (Lipinski definition) is 1. The molecule has 1 aromatic rings. The zero-order valence-electron chi connectivity index (χ0n) is 13.9. The maximum absolute atomic E-state index is 4.60. The van der Waals surface area contributed by atoms with Crippen LogP contribution in [0.2, 0.25) is 0 Å². The molecule has 5 heteroatoms. The third kappa shape index (κ3) is 4.42. The summed E-state index contributed by atoms with van der Waals surface area (Å²) in [5, 5.41) is 8.10. The Balaban J connectivity index is 2.85. The highest BCUT2D eigenvalue weighted by Crippen LogP contribution is 2.24. The first-order valence-corrected chi connectivity index (χ1v) is 8.87. The van der Waals surface area contributed by atoms with Crippen molar-refractivity contribution in [3.63, 3.8) is 0 Å². The predicted molar refractivity (Wildman–Crippen MR) is 90.8 cm³/mol. The molecule has 0 aliphatic rings. The molecule has 1 N–H and O–H groups in total. The first kappa shape index (κ1) is 17.4. The second kappa shape index (κ2) is 8.57. The van der Waals surface area contributed by atoms with Gasteiger partial charge >= 0.3 is 0 Å². The van der Waals surface area contributed by atoms with Crippen molar-refractivity contribution < 1.29 is 0 Å². The zero-order valence-corrected chi connectivity index (χ0v) is 14.7. The van der Waals surface area contributed by atoms with Crippen molar-refractivity contribution in [2.24, 2.45) is 7.05 Å². The Morgan fingerprint density at radius 3 is 2.75 bits per heavy atom. The van der Waals surface area contributed by atoms with E-state index < -0.39 is 0 Å². The smallest absolute Gasteiger partial charge is 0.131 e. The van der Waals surface area contributed by atoms with Gasteiger partial charge in [0.1, 0.15) is 5.82 Å². The molecule has 0 bridgehead atoms. The van der Waals surface area contributed by atoms with Gasteiger partial charge in [-0.15, -0.1) is 0 Å². The van der Waals surface area contributed by atoms with Gasteiger partial charge in [0, 0.05) is 32.2 Å². The van der Waals surface area contributed by atoms with Gasteiger partial charge in [-0.25, -0.2) is 0 Å². The monoisotopic (exact) mass is 298 g/mol. The van der Waals surface area contributed by atoms with Gasteiger partial charge in [0.15, 0.2) is 0 Å². The van der Waals surface area contributed by atoms with Crippen LogP contribution in [0.5, 0.6) is 0 Å². The number of thioether (sulfide) groups is 1. The van der Waals surface area contributed by atoms with Crippen LogP contribution in [0.4, 0.5) is 5.82 Å². The van der Waals surface area contributed by atoms with Crippen molar-refractivity contribution in [3.05, 3.63) is 11.3 Å². The van der Waals surface area contributed by atoms with Crippen LogP contribution in [0.3, 0.4) is 0 Å². The number of nitrogens with zero attached hydrogens (tertiary/aromatic N) is 3. The quantitative estimate of drug-likeness (QED) is 0.711. The summed E-state index contributed by atoms with van der Waals surface area (Å²) in [5.74, 6) is 2.45. The van der Waals surface area contributed by atoms with E-state index in [4.69, 9.17) is 0 Å². The SMILES string of the molecule is CCCNCc1c(C)nn(C)c1N(C)C(C)CCSC. The average Bonchev–Trinajstić information content (AvgIpc) is 2.70. The fraction of sp³-hybridized carbons (Fsp3) is 0.800. The van der Waals surface area contributed by atoms with Gasteiger partial charge in [0.25, 0.3) is 0 Å².